The number of hydrogen-bond donors (Lipinski definition) is 0. The lowest BCUT2D eigenvalue weighted by Crippen LogP contribution is -2.46. The quantitative estimate of drug-likeness (QED) is 0.130. The Kier molecular flexibility index (Phi) is 10.1. The zero-order valence-corrected chi connectivity index (χ0v) is 28.8. The standard InChI is InChI=1S/C36H36Cl2N8O4/c1-2-3-4-15-46-35(47)45(26-41-46)30-8-6-28(7-9-30)42-16-18-43(19-17-42)29-10-12-31(13-11-29)48-21-32-22-49-36(50-32,23-44-25-39-24-40-44)33-14-5-27(37)20-34(33)38/h1,5-14,20,24-26,32H,3-4,15-19,21-23H2/t32-,36-/m1/s1. The zero-order chi connectivity index (χ0) is 34.5. The Morgan fingerprint density at radius 2 is 1.62 bits per heavy atom. The molecule has 50 heavy (non-hydrogen) atoms. The number of unbranched alkanes of at least 4 members (excludes halogenated alkanes) is 1. The fourth-order valence-electron chi connectivity index (χ4n) is 6.27. The highest BCUT2D eigenvalue weighted by atomic mass is 35.5. The van der Waals surface area contributed by atoms with E-state index in [4.69, 9.17) is 43.8 Å². The number of piperazine rings is 1. The molecule has 2 aliphatic rings. The SMILES string of the molecule is C#CCCCn1ncn(-c2ccc(N3CCN(c4ccc(OC[C@@H]5CO[C@@](Cn6cncn6)(c6ccc(Cl)cc6Cl)O5)cc4)CC3)cc2)c1=O. The summed E-state index contributed by atoms with van der Waals surface area (Å²) in [6, 6.07) is 21.4. The number of rotatable bonds is 12. The second-order valence-corrected chi connectivity index (χ2v) is 13.0. The van der Waals surface area contributed by atoms with E-state index in [2.05, 4.69) is 55.2 Å². The number of hydrogen-bond acceptors (Lipinski definition) is 9. The molecule has 2 saturated heterocycles. The van der Waals surface area contributed by atoms with Crippen LogP contribution < -0.4 is 20.2 Å². The molecule has 14 heteroatoms. The van der Waals surface area contributed by atoms with Crippen molar-refractivity contribution in [2.75, 3.05) is 49.2 Å². The molecule has 5 aromatic rings. The molecular formula is C36H36Cl2N8O4. The summed E-state index contributed by atoms with van der Waals surface area (Å²) in [5, 5.41) is 9.43. The van der Waals surface area contributed by atoms with E-state index < -0.39 is 5.79 Å². The number of ether oxygens (including phenoxy) is 3. The minimum atomic E-state index is -1.16. The van der Waals surface area contributed by atoms with Gasteiger partial charge in [0, 0.05) is 61.1 Å². The first-order chi connectivity index (χ1) is 24.4. The molecule has 2 aliphatic heterocycles. The van der Waals surface area contributed by atoms with Gasteiger partial charge >= 0.3 is 5.69 Å². The van der Waals surface area contributed by atoms with Gasteiger partial charge in [0.2, 0.25) is 5.79 Å². The molecule has 2 atom stereocenters. The maximum Gasteiger partial charge on any atom is 0.350 e. The Morgan fingerprint density at radius 3 is 2.28 bits per heavy atom. The van der Waals surface area contributed by atoms with Crippen LogP contribution in [0.2, 0.25) is 10.0 Å². The number of aromatic nitrogens is 6. The van der Waals surface area contributed by atoms with Gasteiger partial charge in [-0.1, -0.05) is 29.3 Å². The van der Waals surface area contributed by atoms with Crippen LogP contribution in [0.4, 0.5) is 11.4 Å². The van der Waals surface area contributed by atoms with Crippen LogP contribution in [0.15, 0.2) is 90.5 Å². The number of aryl methyl sites for hydroxylation is 1. The molecule has 0 saturated carbocycles. The minimum Gasteiger partial charge on any atom is -0.491 e. The van der Waals surface area contributed by atoms with Crippen LogP contribution in [-0.2, 0) is 28.4 Å². The molecule has 0 unspecified atom stereocenters. The summed E-state index contributed by atoms with van der Waals surface area (Å²) < 4.78 is 23.5. The fourth-order valence-corrected chi connectivity index (χ4v) is 6.82. The summed E-state index contributed by atoms with van der Waals surface area (Å²) >= 11 is 12.7. The van der Waals surface area contributed by atoms with Crippen molar-refractivity contribution in [3.63, 3.8) is 0 Å². The summed E-state index contributed by atoms with van der Waals surface area (Å²) in [4.78, 5) is 21.5. The second-order valence-electron chi connectivity index (χ2n) is 12.1. The van der Waals surface area contributed by atoms with E-state index in [1.54, 1.807) is 34.0 Å². The van der Waals surface area contributed by atoms with E-state index in [1.807, 2.05) is 30.3 Å². The molecular weight excluding hydrogens is 679 g/mol. The molecule has 2 aromatic heterocycles. The Balaban J connectivity index is 0.914. The summed E-state index contributed by atoms with van der Waals surface area (Å²) in [7, 11) is 0. The summed E-state index contributed by atoms with van der Waals surface area (Å²) in [5.41, 5.74) is 3.54. The third-order valence-electron chi connectivity index (χ3n) is 8.87. The molecule has 0 bridgehead atoms. The molecule has 0 amide bonds. The molecule has 0 radical (unpaired) electrons. The molecule has 0 aliphatic carbocycles. The smallest absolute Gasteiger partial charge is 0.350 e. The van der Waals surface area contributed by atoms with Gasteiger partial charge in [-0.15, -0.1) is 12.3 Å². The number of nitrogens with zero attached hydrogens (tertiary/aromatic N) is 8. The van der Waals surface area contributed by atoms with Gasteiger partial charge in [0.1, 0.15) is 44.0 Å². The van der Waals surface area contributed by atoms with Gasteiger partial charge < -0.3 is 24.0 Å². The van der Waals surface area contributed by atoms with Crippen molar-refractivity contribution in [2.45, 2.75) is 37.8 Å². The lowest BCUT2D eigenvalue weighted by molar-refractivity contribution is -0.190. The van der Waals surface area contributed by atoms with Gasteiger partial charge in [0.25, 0.3) is 0 Å². The monoisotopic (exact) mass is 714 g/mol. The van der Waals surface area contributed by atoms with E-state index in [0.717, 1.165) is 55.4 Å². The van der Waals surface area contributed by atoms with Gasteiger partial charge in [-0.3, -0.25) is 0 Å². The molecule has 0 spiro atoms. The van der Waals surface area contributed by atoms with E-state index in [0.29, 0.717) is 41.8 Å². The first-order valence-corrected chi connectivity index (χ1v) is 17.2. The van der Waals surface area contributed by atoms with E-state index in [9.17, 15) is 4.79 Å². The highest BCUT2D eigenvalue weighted by Crippen LogP contribution is 2.40. The van der Waals surface area contributed by atoms with Crippen molar-refractivity contribution in [3.8, 4) is 23.8 Å². The normalized spacial score (nSPS) is 19.1. The summed E-state index contributed by atoms with van der Waals surface area (Å²) in [6.45, 7) is 4.88. The van der Waals surface area contributed by atoms with Crippen molar-refractivity contribution in [1.29, 1.82) is 0 Å². The highest BCUT2D eigenvalue weighted by molar-refractivity contribution is 6.35. The van der Waals surface area contributed by atoms with Crippen LogP contribution in [0.3, 0.4) is 0 Å². The van der Waals surface area contributed by atoms with E-state index in [1.165, 1.54) is 11.0 Å². The molecule has 7 rings (SSSR count). The van der Waals surface area contributed by atoms with Gasteiger partial charge in [-0.2, -0.15) is 10.2 Å². The van der Waals surface area contributed by atoms with Crippen molar-refractivity contribution in [1.82, 2.24) is 29.1 Å². The largest absolute Gasteiger partial charge is 0.491 e. The maximum absolute atomic E-state index is 12.7. The summed E-state index contributed by atoms with van der Waals surface area (Å²) in [6.07, 6.45) is 11.0. The molecule has 3 aromatic carbocycles. The van der Waals surface area contributed by atoms with Crippen molar-refractivity contribution >= 4 is 34.6 Å². The first kappa shape index (κ1) is 33.7. The first-order valence-electron chi connectivity index (χ1n) is 16.4. The van der Waals surface area contributed by atoms with E-state index in [-0.39, 0.29) is 18.3 Å². The number of benzene rings is 3. The molecule has 258 valence electrons. The number of anilines is 2. The lowest BCUT2D eigenvalue weighted by Gasteiger charge is -2.37. The van der Waals surface area contributed by atoms with Crippen LogP contribution >= 0.6 is 23.2 Å². The average molecular weight is 716 g/mol. The predicted molar refractivity (Wildman–Crippen MR) is 191 cm³/mol. The minimum absolute atomic E-state index is 0.165. The van der Waals surface area contributed by atoms with Gasteiger partial charge in [-0.05, 0) is 67.1 Å². The third kappa shape index (κ3) is 7.37. The van der Waals surface area contributed by atoms with Crippen LogP contribution in [0, 0.1) is 12.3 Å². The van der Waals surface area contributed by atoms with Crippen molar-refractivity contribution < 1.29 is 14.2 Å². The topological polar surface area (TPSA) is 105 Å². The Hall–Kier alpha value is -4.80. The van der Waals surface area contributed by atoms with Crippen LogP contribution in [-0.4, -0.2) is 74.6 Å². The van der Waals surface area contributed by atoms with Crippen molar-refractivity contribution in [3.05, 3.63) is 112 Å². The van der Waals surface area contributed by atoms with Gasteiger partial charge in [0.05, 0.1) is 17.3 Å². The fraction of sp³-hybridized carbons (Fsp3) is 0.333. The van der Waals surface area contributed by atoms with Crippen molar-refractivity contribution in [2.24, 2.45) is 0 Å². The van der Waals surface area contributed by atoms with Gasteiger partial charge in [-0.25, -0.2) is 23.7 Å². The van der Waals surface area contributed by atoms with Crippen LogP contribution in [0.1, 0.15) is 18.4 Å². The highest BCUT2D eigenvalue weighted by Gasteiger charge is 2.45. The number of halogens is 2. The number of terminal acetylenes is 1. The Morgan fingerprint density at radius 1 is 0.920 bits per heavy atom. The molecule has 2 fully saturated rings. The second kappa shape index (κ2) is 15.0. The van der Waals surface area contributed by atoms with Crippen LogP contribution in [0.5, 0.6) is 5.75 Å². The summed E-state index contributed by atoms with van der Waals surface area (Å²) in [5.74, 6) is 2.17. The Labute approximate surface area is 299 Å². The third-order valence-corrected chi connectivity index (χ3v) is 9.42. The lowest BCUT2D eigenvalue weighted by atomic mass is 10.1. The molecule has 0 N–H and O–H groups in total. The van der Waals surface area contributed by atoms with Gasteiger partial charge in [0.15, 0.2) is 0 Å². The Bertz CT molecular complexity index is 1980. The van der Waals surface area contributed by atoms with Crippen LogP contribution in [0.25, 0.3) is 5.69 Å². The predicted octanol–water partition coefficient (Wildman–Crippen LogP) is 5.02. The molecule has 4 heterocycles. The zero-order valence-electron chi connectivity index (χ0n) is 27.3. The molecule has 12 nitrogen and oxygen atoms in total. The van der Waals surface area contributed by atoms with E-state index >= 15 is 0 Å². The maximum atomic E-state index is 12.7. The average Bonchev–Trinajstić information content (AvgIpc) is 3.89.